The fourth-order valence-corrected chi connectivity index (χ4v) is 5.00. The molecule has 2 fully saturated rings. The van der Waals surface area contributed by atoms with E-state index in [2.05, 4.69) is 15.3 Å². The van der Waals surface area contributed by atoms with E-state index >= 15 is 0 Å². The first-order valence-corrected chi connectivity index (χ1v) is 11.1. The van der Waals surface area contributed by atoms with Crippen molar-refractivity contribution in [3.8, 4) is 0 Å². The number of amides is 2. The normalized spacial score (nSPS) is 18.6. The Kier molecular flexibility index (Phi) is 6.41. The largest absolute Gasteiger partial charge is 0.416 e. The molecule has 33 heavy (non-hydrogen) atoms. The number of aromatic nitrogens is 2. The minimum Gasteiger partial charge on any atom is -0.324 e. The number of likely N-dealkylation sites (tertiary alicyclic amines) is 2. The summed E-state index contributed by atoms with van der Waals surface area (Å²) in [5, 5.41) is 6.71. The number of carbonyl (C=O) groups excluding carboxylic acids is 2. The van der Waals surface area contributed by atoms with Crippen LogP contribution in [-0.2, 0) is 17.5 Å². The second-order valence-corrected chi connectivity index (χ2v) is 9.37. The number of piperidine rings is 1. The van der Waals surface area contributed by atoms with E-state index in [1.165, 1.54) is 24.0 Å². The number of nitrogens with one attached hydrogen (secondary N) is 1. The molecule has 2 aliphatic heterocycles. The highest BCUT2D eigenvalue weighted by Gasteiger charge is 2.41. The molecule has 1 aromatic heterocycles. The van der Waals surface area contributed by atoms with Crippen molar-refractivity contribution >= 4 is 29.2 Å². The summed E-state index contributed by atoms with van der Waals surface area (Å²) >= 11 is 5.92. The van der Waals surface area contributed by atoms with E-state index in [1.54, 1.807) is 11.0 Å². The number of anilines is 1. The van der Waals surface area contributed by atoms with E-state index in [1.807, 2.05) is 0 Å². The van der Waals surface area contributed by atoms with Crippen molar-refractivity contribution < 1.29 is 22.8 Å². The smallest absolute Gasteiger partial charge is 0.324 e. The maximum absolute atomic E-state index is 13.1. The Morgan fingerprint density at radius 1 is 1.15 bits per heavy atom. The molecule has 0 unspecified atom stereocenters. The third kappa shape index (κ3) is 5.50. The summed E-state index contributed by atoms with van der Waals surface area (Å²) in [5.74, 6) is -0.236. The first kappa shape index (κ1) is 23.6. The Hall–Kier alpha value is -2.59. The molecular weight excluding hydrogens is 459 g/mol. The summed E-state index contributed by atoms with van der Waals surface area (Å²) in [6, 6.07) is 3.46. The maximum Gasteiger partial charge on any atom is 0.416 e. The lowest BCUT2D eigenvalue weighted by molar-refractivity contribution is -0.137. The predicted molar refractivity (Wildman–Crippen MR) is 117 cm³/mol. The van der Waals surface area contributed by atoms with Gasteiger partial charge in [-0.3, -0.25) is 9.69 Å². The standard InChI is InChI=1S/C22H25ClF3N5O2/c1-15(32)28-19-11-27-31(13-19)20(33)30-6-3-21(4-7-30)2-5-29(14-21)12-16-8-17(22(24,25)26)10-18(23)9-16/h8-11,13H,2-7,12,14H2,1H3,(H,28,32). The lowest BCUT2D eigenvalue weighted by Crippen LogP contribution is -2.45. The number of benzene rings is 1. The van der Waals surface area contributed by atoms with Crippen molar-refractivity contribution in [2.75, 3.05) is 31.5 Å². The van der Waals surface area contributed by atoms with E-state index in [9.17, 15) is 22.8 Å². The molecule has 178 valence electrons. The summed E-state index contributed by atoms with van der Waals surface area (Å²) < 4.78 is 40.5. The van der Waals surface area contributed by atoms with Crippen molar-refractivity contribution in [1.29, 1.82) is 0 Å². The highest BCUT2D eigenvalue weighted by atomic mass is 35.5. The van der Waals surface area contributed by atoms with Gasteiger partial charge in [0.05, 0.1) is 23.6 Å². The number of hydrogen-bond donors (Lipinski definition) is 1. The van der Waals surface area contributed by atoms with Crippen LogP contribution in [-0.4, -0.2) is 57.7 Å². The Morgan fingerprint density at radius 2 is 1.85 bits per heavy atom. The van der Waals surface area contributed by atoms with Crippen molar-refractivity contribution in [2.45, 2.75) is 38.9 Å². The number of carbonyl (C=O) groups is 2. The third-order valence-corrected chi connectivity index (χ3v) is 6.62. The van der Waals surface area contributed by atoms with Crippen LogP contribution in [0.5, 0.6) is 0 Å². The van der Waals surface area contributed by atoms with Crippen LogP contribution in [0.3, 0.4) is 0 Å². The van der Waals surface area contributed by atoms with E-state index in [-0.39, 0.29) is 22.4 Å². The average Bonchev–Trinajstić information content (AvgIpc) is 3.34. The molecule has 0 radical (unpaired) electrons. The fourth-order valence-electron chi connectivity index (χ4n) is 4.75. The van der Waals surface area contributed by atoms with Crippen LogP contribution in [0.2, 0.25) is 5.02 Å². The van der Waals surface area contributed by atoms with Crippen molar-refractivity contribution in [3.05, 3.63) is 46.7 Å². The highest BCUT2D eigenvalue weighted by molar-refractivity contribution is 6.30. The quantitative estimate of drug-likeness (QED) is 0.699. The molecule has 11 heteroatoms. The maximum atomic E-state index is 13.1. The molecule has 0 atom stereocenters. The Labute approximate surface area is 194 Å². The Balaban J connectivity index is 1.34. The first-order valence-electron chi connectivity index (χ1n) is 10.7. The second-order valence-electron chi connectivity index (χ2n) is 8.93. The lowest BCUT2D eigenvalue weighted by Gasteiger charge is -2.39. The minimum absolute atomic E-state index is 0.0493. The SMILES string of the molecule is CC(=O)Nc1cnn(C(=O)N2CCC3(CCN(Cc4cc(Cl)cc(C(F)(F)F)c4)C3)CC2)c1. The molecule has 7 nitrogen and oxygen atoms in total. The lowest BCUT2D eigenvalue weighted by atomic mass is 9.78. The first-order chi connectivity index (χ1) is 15.5. The monoisotopic (exact) mass is 483 g/mol. The minimum atomic E-state index is -4.43. The third-order valence-electron chi connectivity index (χ3n) is 6.40. The average molecular weight is 484 g/mol. The summed E-state index contributed by atoms with van der Waals surface area (Å²) in [7, 11) is 0. The van der Waals surface area contributed by atoms with Gasteiger partial charge in [-0.15, -0.1) is 0 Å². The number of nitrogens with zero attached hydrogens (tertiary/aromatic N) is 4. The van der Waals surface area contributed by atoms with E-state index in [4.69, 9.17) is 11.6 Å². The highest BCUT2D eigenvalue weighted by Crippen LogP contribution is 2.41. The molecule has 2 saturated heterocycles. The van der Waals surface area contributed by atoms with Gasteiger partial charge >= 0.3 is 12.2 Å². The molecule has 0 bridgehead atoms. The van der Waals surface area contributed by atoms with Crippen LogP contribution in [0, 0.1) is 5.41 Å². The molecule has 1 N–H and O–H groups in total. The predicted octanol–water partition coefficient (Wildman–Crippen LogP) is 4.47. The zero-order valence-electron chi connectivity index (χ0n) is 18.2. The summed E-state index contributed by atoms with van der Waals surface area (Å²) in [4.78, 5) is 27.8. The number of alkyl halides is 3. The van der Waals surface area contributed by atoms with Gasteiger partial charge in [0.1, 0.15) is 0 Å². The molecule has 0 saturated carbocycles. The van der Waals surface area contributed by atoms with Gasteiger partial charge < -0.3 is 10.2 Å². The summed E-state index contributed by atoms with van der Waals surface area (Å²) in [6.45, 7) is 4.52. The van der Waals surface area contributed by atoms with Gasteiger partial charge in [-0.1, -0.05) is 11.6 Å². The van der Waals surface area contributed by atoms with Gasteiger partial charge in [0.25, 0.3) is 0 Å². The van der Waals surface area contributed by atoms with Gasteiger partial charge in [0.2, 0.25) is 5.91 Å². The summed E-state index contributed by atoms with van der Waals surface area (Å²) in [5.41, 5.74) is 0.331. The number of halogens is 4. The van der Waals surface area contributed by atoms with E-state index < -0.39 is 11.7 Å². The van der Waals surface area contributed by atoms with E-state index in [0.29, 0.717) is 30.9 Å². The molecule has 2 aromatic rings. The van der Waals surface area contributed by atoms with Gasteiger partial charge in [-0.2, -0.15) is 23.0 Å². The Morgan fingerprint density at radius 3 is 2.52 bits per heavy atom. The van der Waals surface area contributed by atoms with Gasteiger partial charge in [0, 0.05) is 38.1 Å². The molecule has 2 amide bonds. The van der Waals surface area contributed by atoms with E-state index in [0.717, 1.165) is 44.5 Å². The van der Waals surface area contributed by atoms with Crippen LogP contribution >= 0.6 is 11.6 Å². The van der Waals surface area contributed by atoms with Crippen molar-refractivity contribution in [3.63, 3.8) is 0 Å². The van der Waals surface area contributed by atoms with Crippen LogP contribution in [0.25, 0.3) is 0 Å². The molecular formula is C22H25ClF3N5O2. The number of hydrogen-bond acceptors (Lipinski definition) is 4. The molecule has 1 aromatic carbocycles. The number of rotatable bonds is 3. The van der Waals surface area contributed by atoms with Gasteiger partial charge in [-0.05, 0) is 55.0 Å². The van der Waals surface area contributed by atoms with Gasteiger partial charge in [-0.25, -0.2) is 4.79 Å². The topological polar surface area (TPSA) is 70.5 Å². The molecule has 3 heterocycles. The van der Waals surface area contributed by atoms with Crippen molar-refractivity contribution in [2.24, 2.45) is 5.41 Å². The second kappa shape index (κ2) is 8.98. The molecule has 0 aliphatic carbocycles. The molecule has 2 aliphatic rings. The van der Waals surface area contributed by atoms with Crippen LogP contribution < -0.4 is 5.32 Å². The molecule has 1 spiro atoms. The molecule has 4 rings (SSSR count). The zero-order valence-corrected chi connectivity index (χ0v) is 18.9. The van der Waals surface area contributed by atoms with Crippen LogP contribution in [0.15, 0.2) is 30.6 Å². The zero-order chi connectivity index (χ0) is 23.8. The van der Waals surface area contributed by atoms with Crippen molar-refractivity contribution in [1.82, 2.24) is 19.6 Å². The van der Waals surface area contributed by atoms with Crippen LogP contribution in [0.1, 0.15) is 37.3 Å². The van der Waals surface area contributed by atoms with Crippen LogP contribution in [0.4, 0.5) is 23.7 Å². The Bertz CT molecular complexity index is 1050. The summed E-state index contributed by atoms with van der Waals surface area (Å²) in [6.07, 6.45) is 1.07. The van der Waals surface area contributed by atoms with Gasteiger partial charge in [0.15, 0.2) is 0 Å². The fraction of sp³-hybridized carbons (Fsp3) is 0.500.